The van der Waals surface area contributed by atoms with Gasteiger partial charge in [-0.05, 0) is 53.9 Å². The minimum atomic E-state index is 1.31. The summed E-state index contributed by atoms with van der Waals surface area (Å²) in [6.45, 7) is 0. The summed E-state index contributed by atoms with van der Waals surface area (Å²) in [5.41, 5.74) is 0. The number of nitrogens with zero attached hydrogens (tertiary/aromatic N) is 1. The van der Waals surface area contributed by atoms with E-state index in [2.05, 4.69) is 131 Å². The molecular weight excluding hydrogens is 424 g/mol. The Kier molecular flexibility index (Phi) is 5.54. The van der Waals surface area contributed by atoms with Crippen molar-refractivity contribution in [3.8, 4) is 0 Å². The second kappa shape index (κ2) is 9.28. The van der Waals surface area contributed by atoms with E-state index in [1.807, 2.05) is 0 Å². The van der Waals surface area contributed by atoms with E-state index in [1.165, 1.54) is 53.9 Å². The highest BCUT2D eigenvalue weighted by Gasteiger charge is 2.11. The predicted molar refractivity (Wildman–Crippen MR) is 150 cm³/mol. The van der Waals surface area contributed by atoms with Crippen molar-refractivity contribution in [1.82, 2.24) is 9.97 Å². The highest BCUT2D eigenvalue weighted by atomic mass is 14.8. The number of nitrogens with one attached hydrogen (secondary N) is 1. The van der Waals surface area contributed by atoms with E-state index in [-0.39, 0.29) is 0 Å². The molecule has 0 saturated heterocycles. The molecular formula is C33H24N2. The van der Waals surface area contributed by atoms with Crippen LogP contribution in [0.25, 0.3) is 53.9 Å². The fourth-order valence-electron chi connectivity index (χ4n) is 4.93. The molecule has 35 heavy (non-hydrogen) atoms. The number of H-pyrrole nitrogens is 1. The smallest absolute Gasteiger partial charge is 0.0919 e. The van der Waals surface area contributed by atoms with Gasteiger partial charge in [-0.2, -0.15) is 0 Å². The van der Waals surface area contributed by atoms with Crippen molar-refractivity contribution in [1.29, 1.82) is 0 Å². The molecule has 166 valence electrons. The summed E-state index contributed by atoms with van der Waals surface area (Å²) in [7, 11) is 0. The molecule has 0 aliphatic heterocycles. The number of rotatable bonds is 0. The molecule has 8 rings (SSSR count). The van der Waals surface area contributed by atoms with E-state index in [0.717, 1.165) is 0 Å². The molecule has 0 spiro atoms. The van der Waals surface area contributed by atoms with Gasteiger partial charge in [-0.25, -0.2) is 4.98 Å². The standard InChI is InChI=1S/C20H12.C10H8.C3H4N2/c1-5-13-6-2-11-17-18-12-4-8-14-7-3-10-16(20(14)18)15(9-1)19(13)17;1-2-6-10-8-4-3-7-9(10)5-1;1-2-5-3-4-1/h1-12H;1-8H;1-3H,(H,4,5). The third-order valence-electron chi connectivity index (χ3n) is 6.45. The first kappa shape index (κ1) is 20.9. The van der Waals surface area contributed by atoms with E-state index in [9.17, 15) is 0 Å². The summed E-state index contributed by atoms with van der Waals surface area (Å²) < 4.78 is 0. The van der Waals surface area contributed by atoms with Gasteiger partial charge in [-0.3, -0.25) is 0 Å². The summed E-state index contributed by atoms with van der Waals surface area (Å²) in [4.78, 5) is 6.42. The summed E-state index contributed by atoms with van der Waals surface area (Å²) in [5, 5.41) is 13.5. The molecule has 2 heteroatoms. The first-order valence-corrected chi connectivity index (χ1v) is 11.8. The van der Waals surface area contributed by atoms with E-state index in [4.69, 9.17) is 0 Å². The fourth-order valence-corrected chi connectivity index (χ4v) is 4.93. The Balaban J connectivity index is 0.000000126. The van der Waals surface area contributed by atoms with Gasteiger partial charge in [0.1, 0.15) is 0 Å². The van der Waals surface area contributed by atoms with E-state index < -0.39 is 0 Å². The molecule has 0 bridgehead atoms. The van der Waals surface area contributed by atoms with Gasteiger partial charge < -0.3 is 4.98 Å². The number of imidazole rings is 1. The Hall–Kier alpha value is -4.69. The van der Waals surface area contributed by atoms with Crippen molar-refractivity contribution in [2.24, 2.45) is 0 Å². The first-order chi connectivity index (χ1) is 17.4. The zero-order valence-electron chi connectivity index (χ0n) is 19.2. The van der Waals surface area contributed by atoms with Gasteiger partial charge in [0.05, 0.1) is 6.33 Å². The first-order valence-electron chi connectivity index (χ1n) is 11.8. The number of aromatic amines is 1. The van der Waals surface area contributed by atoms with E-state index >= 15 is 0 Å². The lowest BCUT2D eigenvalue weighted by atomic mass is 9.90. The molecule has 0 unspecified atom stereocenters. The van der Waals surface area contributed by atoms with E-state index in [1.54, 1.807) is 18.7 Å². The Bertz CT molecular complexity index is 1600. The van der Waals surface area contributed by atoms with Crippen LogP contribution in [0.2, 0.25) is 0 Å². The van der Waals surface area contributed by atoms with Crippen molar-refractivity contribution in [2.45, 2.75) is 0 Å². The van der Waals surface area contributed by atoms with Crippen LogP contribution < -0.4 is 0 Å². The second-order valence-corrected chi connectivity index (χ2v) is 8.53. The Labute approximate surface area is 203 Å². The summed E-state index contributed by atoms with van der Waals surface area (Å²) in [6, 6.07) is 43.2. The van der Waals surface area contributed by atoms with Crippen LogP contribution in [0.4, 0.5) is 0 Å². The third-order valence-corrected chi connectivity index (χ3v) is 6.45. The summed E-state index contributed by atoms with van der Waals surface area (Å²) >= 11 is 0. The van der Waals surface area contributed by atoms with E-state index in [0.29, 0.717) is 0 Å². The van der Waals surface area contributed by atoms with Crippen molar-refractivity contribution >= 4 is 53.9 Å². The van der Waals surface area contributed by atoms with Crippen LogP contribution in [0.5, 0.6) is 0 Å². The number of hydrogen-bond donors (Lipinski definition) is 1. The minimum Gasteiger partial charge on any atom is -0.351 e. The Morgan fingerprint density at radius 3 is 1.06 bits per heavy atom. The maximum absolute atomic E-state index is 3.67. The van der Waals surface area contributed by atoms with Crippen LogP contribution >= 0.6 is 0 Å². The van der Waals surface area contributed by atoms with Gasteiger partial charge in [0, 0.05) is 12.4 Å². The fraction of sp³-hybridized carbons (Fsp3) is 0. The van der Waals surface area contributed by atoms with Crippen molar-refractivity contribution in [2.75, 3.05) is 0 Å². The van der Waals surface area contributed by atoms with Crippen LogP contribution in [-0.4, -0.2) is 9.97 Å². The van der Waals surface area contributed by atoms with Gasteiger partial charge in [0.2, 0.25) is 0 Å². The molecule has 0 fully saturated rings. The van der Waals surface area contributed by atoms with Crippen molar-refractivity contribution in [3.63, 3.8) is 0 Å². The SMILES string of the molecule is c1c[nH]cn1.c1cc2cccc3c4cccc5cccc(c(c1)c23)c54.c1ccc2ccccc2c1. The molecule has 0 saturated carbocycles. The van der Waals surface area contributed by atoms with Crippen LogP contribution in [0, 0.1) is 0 Å². The van der Waals surface area contributed by atoms with Crippen LogP contribution in [-0.2, 0) is 0 Å². The monoisotopic (exact) mass is 448 g/mol. The second-order valence-electron chi connectivity index (χ2n) is 8.53. The Morgan fingerprint density at radius 1 is 0.400 bits per heavy atom. The molecule has 1 aromatic heterocycles. The lowest BCUT2D eigenvalue weighted by Gasteiger charge is -2.13. The van der Waals surface area contributed by atoms with Crippen LogP contribution in [0.3, 0.4) is 0 Å². The molecule has 1 heterocycles. The number of fused-ring (bicyclic) bond motifs is 3. The molecule has 7 aromatic carbocycles. The lowest BCUT2D eigenvalue weighted by Crippen LogP contribution is -1.85. The lowest BCUT2D eigenvalue weighted by molar-refractivity contribution is 1.31. The maximum atomic E-state index is 3.67. The number of hydrogen-bond acceptors (Lipinski definition) is 1. The zero-order valence-corrected chi connectivity index (χ0v) is 19.2. The normalized spacial score (nSPS) is 10.9. The molecule has 8 aromatic rings. The predicted octanol–water partition coefficient (Wildman–Crippen LogP) is 8.99. The quantitative estimate of drug-likeness (QED) is 0.182. The highest BCUT2D eigenvalue weighted by Crippen LogP contribution is 2.39. The highest BCUT2D eigenvalue weighted by molar-refractivity contribution is 6.32. The molecule has 0 amide bonds. The van der Waals surface area contributed by atoms with Gasteiger partial charge in [0.25, 0.3) is 0 Å². The summed E-state index contributed by atoms with van der Waals surface area (Å²) in [6.07, 6.45) is 5.08. The molecule has 1 N–H and O–H groups in total. The van der Waals surface area contributed by atoms with Crippen molar-refractivity contribution in [3.05, 3.63) is 140 Å². The number of aromatic nitrogens is 2. The average molecular weight is 449 g/mol. The minimum absolute atomic E-state index is 1.31. The van der Waals surface area contributed by atoms with Gasteiger partial charge in [-0.15, -0.1) is 0 Å². The maximum Gasteiger partial charge on any atom is 0.0919 e. The molecule has 0 aliphatic rings. The number of benzene rings is 7. The van der Waals surface area contributed by atoms with Crippen LogP contribution in [0.1, 0.15) is 0 Å². The average Bonchev–Trinajstić information content (AvgIpc) is 3.53. The van der Waals surface area contributed by atoms with Crippen LogP contribution in [0.15, 0.2) is 140 Å². The largest absolute Gasteiger partial charge is 0.351 e. The Morgan fingerprint density at radius 2 is 0.771 bits per heavy atom. The summed E-state index contributed by atoms with van der Waals surface area (Å²) in [5.74, 6) is 0. The third kappa shape index (κ3) is 3.96. The van der Waals surface area contributed by atoms with Gasteiger partial charge >= 0.3 is 0 Å². The van der Waals surface area contributed by atoms with Gasteiger partial charge in [-0.1, -0.05) is 121 Å². The molecule has 0 radical (unpaired) electrons. The molecule has 0 aliphatic carbocycles. The van der Waals surface area contributed by atoms with Crippen molar-refractivity contribution < 1.29 is 0 Å². The van der Waals surface area contributed by atoms with Gasteiger partial charge in [0.15, 0.2) is 0 Å². The molecule has 0 atom stereocenters. The topological polar surface area (TPSA) is 28.7 Å². The zero-order chi connectivity index (χ0) is 23.5. The molecule has 2 nitrogen and oxygen atoms in total.